The van der Waals surface area contributed by atoms with Crippen molar-refractivity contribution in [3.8, 4) is 17.2 Å². The number of aromatic amines is 1. The summed E-state index contributed by atoms with van der Waals surface area (Å²) in [6.07, 6.45) is 0. The second-order valence-corrected chi connectivity index (χ2v) is 5.71. The maximum atomic E-state index is 13.6. The van der Waals surface area contributed by atoms with E-state index in [4.69, 9.17) is 0 Å². The van der Waals surface area contributed by atoms with Crippen molar-refractivity contribution in [3.05, 3.63) is 50.1 Å². The van der Waals surface area contributed by atoms with Crippen LogP contribution < -0.4 is 10.5 Å². The summed E-state index contributed by atoms with van der Waals surface area (Å²) in [7, 11) is 3.55. The maximum absolute atomic E-state index is 13.6. The van der Waals surface area contributed by atoms with Gasteiger partial charge in [0.1, 0.15) is 17.4 Å². The van der Waals surface area contributed by atoms with Crippen LogP contribution in [-0.4, -0.2) is 19.1 Å². The molecule has 6 heteroatoms. The van der Waals surface area contributed by atoms with Crippen LogP contribution in [0.4, 0.5) is 10.1 Å². The van der Waals surface area contributed by atoms with Crippen LogP contribution in [0, 0.1) is 24.1 Å². The molecule has 0 aliphatic rings. The Balaban J connectivity index is 2.92. The topological polar surface area (TPSA) is 59.9 Å². The molecule has 0 saturated carbocycles. The van der Waals surface area contributed by atoms with Crippen molar-refractivity contribution >= 4 is 21.6 Å². The number of nitriles is 1. The number of benzene rings is 1. The monoisotopic (exact) mass is 349 g/mol. The first kappa shape index (κ1) is 15.3. The minimum atomic E-state index is -0.451. The van der Waals surface area contributed by atoms with Crippen LogP contribution in [0.15, 0.2) is 27.5 Å². The van der Waals surface area contributed by atoms with Gasteiger partial charge in [0.25, 0.3) is 5.56 Å². The van der Waals surface area contributed by atoms with Crippen LogP contribution >= 0.6 is 15.9 Å². The van der Waals surface area contributed by atoms with Crippen LogP contribution in [0.3, 0.4) is 0 Å². The van der Waals surface area contributed by atoms with Crippen LogP contribution in [0.25, 0.3) is 11.1 Å². The van der Waals surface area contributed by atoms with Gasteiger partial charge in [0, 0.05) is 41.1 Å². The molecule has 108 valence electrons. The fraction of sp³-hybridized carbons (Fsp3) is 0.200. The lowest BCUT2D eigenvalue weighted by atomic mass is 9.98. The zero-order chi connectivity index (χ0) is 15.7. The number of aromatic nitrogens is 1. The van der Waals surface area contributed by atoms with E-state index in [9.17, 15) is 14.4 Å². The van der Waals surface area contributed by atoms with E-state index < -0.39 is 11.4 Å². The zero-order valence-corrected chi connectivity index (χ0v) is 13.4. The fourth-order valence-electron chi connectivity index (χ4n) is 2.18. The molecule has 0 amide bonds. The molecule has 21 heavy (non-hydrogen) atoms. The lowest BCUT2D eigenvalue weighted by Gasteiger charge is -2.20. The Hall–Kier alpha value is -2.13. The highest BCUT2D eigenvalue weighted by Gasteiger charge is 2.18. The molecule has 2 rings (SSSR count). The lowest BCUT2D eigenvalue weighted by molar-refractivity contribution is 0.627. The van der Waals surface area contributed by atoms with Crippen LogP contribution in [0.1, 0.15) is 11.3 Å². The molecule has 0 atom stereocenters. The Morgan fingerprint density at radius 2 is 2.00 bits per heavy atom. The van der Waals surface area contributed by atoms with Crippen LogP contribution in [-0.2, 0) is 0 Å². The lowest BCUT2D eigenvalue weighted by Crippen LogP contribution is -2.15. The van der Waals surface area contributed by atoms with Crippen molar-refractivity contribution in [2.24, 2.45) is 0 Å². The Labute approximate surface area is 130 Å². The minimum absolute atomic E-state index is 0.0102. The molecule has 0 fully saturated rings. The van der Waals surface area contributed by atoms with Gasteiger partial charge in [0.15, 0.2) is 0 Å². The van der Waals surface area contributed by atoms with Crippen molar-refractivity contribution in [1.82, 2.24) is 4.98 Å². The molecule has 4 nitrogen and oxygen atoms in total. The van der Waals surface area contributed by atoms with E-state index in [-0.39, 0.29) is 5.56 Å². The number of anilines is 1. The molecule has 0 bridgehead atoms. The fourth-order valence-corrected chi connectivity index (χ4v) is 2.81. The molecular weight excluding hydrogens is 337 g/mol. The highest BCUT2D eigenvalue weighted by molar-refractivity contribution is 9.10. The van der Waals surface area contributed by atoms with E-state index in [1.54, 1.807) is 32.0 Å². The molecule has 0 spiro atoms. The summed E-state index contributed by atoms with van der Waals surface area (Å²) < 4.78 is 14.1. The van der Waals surface area contributed by atoms with Crippen LogP contribution in [0.2, 0.25) is 0 Å². The molecule has 0 saturated heterocycles. The molecule has 1 aromatic heterocycles. The number of aryl methyl sites for hydroxylation is 1. The molecule has 1 aromatic carbocycles. The van der Waals surface area contributed by atoms with Crippen molar-refractivity contribution in [2.75, 3.05) is 19.0 Å². The number of hydrogen-bond donors (Lipinski definition) is 1. The van der Waals surface area contributed by atoms with Crippen molar-refractivity contribution < 1.29 is 4.39 Å². The van der Waals surface area contributed by atoms with Gasteiger partial charge in [0.05, 0.1) is 0 Å². The van der Waals surface area contributed by atoms with E-state index in [0.717, 1.165) is 0 Å². The maximum Gasteiger partial charge on any atom is 0.266 e. The standard InChI is InChI=1S/C15H13BrFN3O/c1-8-4-10(11(7-18)15(21)19-8)14-12(16)5-9(17)6-13(14)20(2)3/h4-6H,1-3H3,(H,19,21). The largest absolute Gasteiger partial charge is 0.377 e. The minimum Gasteiger partial charge on any atom is -0.377 e. The summed E-state index contributed by atoms with van der Waals surface area (Å²) in [5.74, 6) is -0.394. The summed E-state index contributed by atoms with van der Waals surface area (Å²) in [5, 5.41) is 9.25. The highest BCUT2D eigenvalue weighted by atomic mass is 79.9. The van der Waals surface area contributed by atoms with Gasteiger partial charge in [-0.3, -0.25) is 4.79 Å². The van der Waals surface area contributed by atoms with Gasteiger partial charge in [-0.15, -0.1) is 0 Å². The molecule has 2 aromatic rings. The third-order valence-corrected chi connectivity index (χ3v) is 3.69. The number of pyridine rings is 1. The number of hydrogen-bond acceptors (Lipinski definition) is 3. The van der Waals surface area contributed by atoms with Crippen LogP contribution in [0.5, 0.6) is 0 Å². The highest BCUT2D eigenvalue weighted by Crippen LogP contribution is 2.38. The Bertz CT molecular complexity index is 806. The molecule has 0 unspecified atom stereocenters. The first-order valence-corrected chi connectivity index (χ1v) is 6.95. The smallest absolute Gasteiger partial charge is 0.266 e. The third kappa shape index (κ3) is 2.83. The van der Waals surface area contributed by atoms with Gasteiger partial charge in [-0.05, 0) is 41.1 Å². The van der Waals surface area contributed by atoms with Gasteiger partial charge in [-0.1, -0.05) is 0 Å². The number of nitrogens with one attached hydrogen (secondary N) is 1. The third-order valence-electron chi connectivity index (χ3n) is 3.07. The van der Waals surface area contributed by atoms with Crippen molar-refractivity contribution in [2.45, 2.75) is 6.92 Å². The molecule has 1 N–H and O–H groups in total. The van der Waals surface area contributed by atoms with E-state index in [2.05, 4.69) is 20.9 Å². The summed E-state index contributed by atoms with van der Waals surface area (Å²) in [6.45, 7) is 1.73. The summed E-state index contributed by atoms with van der Waals surface area (Å²) in [5.41, 5.74) is 1.88. The predicted molar refractivity (Wildman–Crippen MR) is 83.9 cm³/mol. The average molecular weight is 350 g/mol. The summed E-state index contributed by atoms with van der Waals surface area (Å²) >= 11 is 3.33. The normalized spacial score (nSPS) is 10.3. The van der Waals surface area contributed by atoms with Gasteiger partial charge >= 0.3 is 0 Å². The Kier molecular flexibility index (Phi) is 4.14. The first-order valence-electron chi connectivity index (χ1n) is 6.16. The predicted octanol–water partition coefficient (Wildman–Crippen LogP) is 3.19. The Morgan fingerprint density at radius 3 is 2.57 bits per heavy atom. The van der Waals surface area contributed by atoms with Gasteiger partial charge in [-0.25, -0.2) is 4.39 Å². The van der Waals surface area contributed by atoms with Gasteiger partial charge in [-0.2, -0.15) is 5.26 Å². The average Bonchev–Trinajstić information content (AvgIpc) is 2.36. The van der Waals surface area contributed by atoms with Gasteiger partial charge in [0.2, 0.25) is 0 Å². The summed E-state index contributed by atoms with van der Waals surface area (Å²) in [4.78, 5) is 16.3. The molecule has 0 radical (unpaired) electrons. The second-order valence-electron chi connectivity index (χ2n) is 4.86. The first-order chi connectivity index (χ1) is 9.85. The molecule has 0 aliphatic heterocycles. The SMILES string of the molecule is Cc1cc(-c2c(Br)cc(F)cc2N(C)C)c(C#N)c(=O)[nH]1. The van der Waals surface area contributed by atoms with E-state index in [1.165, 1.54) is 12.1 Å². The number of nitrogens with zero attached hydrogens (tertiary/aromatic N) is 2. The van der Waals surface area contributed by atoms with E-state index in [0.29, 0.717) is 27.0 Å². The number of rotatable bonds is 2. The Morgan fingerprint density at radius 1 is 1.33 bits per heavy atom. The van der Waals surface area contributed by atoms with Crippen molar-refractivity contribution in [1.29, 1.82) is 5.26 Å². The van der Waals surface area contributed by atoms with Gasteiger partial charge < -0.3 is 9.88 Å². The number of H-pyrrole nitrogens is 1. The quantitative estimate of drug-likeness (QED) is 0.905. The number of halogens is 2. The molecular formula is C15H13BrFN3O. The van der Waals surface area contributed by atoms with E-state index >= 15 is 0 Å². The molecule has 1 heterocycles. The van der Waals surface area contributed by atoms with Crippen molar-refractivity contribution in [3.63, 3.8) is 0 Å². The second kappa shape index (κ2) is 5.70. The summed E-state index contributed by atoms with van der Waals surface area (Å²) in [6, 6.07) is 6.33. The molecule has 0 aliphatic carbocycles. The zero-order valence-electron chi connectivity index (χ0n) is 11.8. The van der Waals surface area contributed by atoms with E-state index in [1.807, 2.05) is 6.07 Å².